The summed E-state index contributed by atoms with van der Waals surface area (Å²) in [6.45, 7) is 3.99. The zero-order chi connectivity index (χ0) is 12.4. The number of imidazole rings is 1. The third kappa shape index (κ3) is 2.08. The first-order chi connectivity index (χ1) is 8.15. The van der Waals surface area contributed by atoms with Crippen LogP contribution in [0.4, 0.5) is 5.82 Å². The molecule has 6 nitrogen and oxygen atoms in total. The smallest absolute Gasteiger partial charge is 0.165 e. The normalized spacial score (nSPS) is 15.0. The number of nitrogens with two attached hydrogens (primary N) is 1. The van der Waals surface area contributed by atoms with E-state index in [0.29, 0.717) is 17.0 Å². The van der Waals surface area contributed by atoms with Crippen molar-refractivity contribution in [3.63, 3.8) is 0 Å². The van der Waals surface area contributed by atoms with Crippen molar-refractivity contribution in [1.82, 2.24) is 19.5 Å². The lowest BCUT2D eigenvalue weighted by atomic mass is 10.1. The predicted octanol–water partition coefficient (Wildman–Crippen LogP) is 1.13. The summed E-state index contributed by atoms with van der Waals surface area (Å²) in [5, 5.41) is 9.99. The van der Waals surface area contributed by atoms with Crippen LogP contribution in [-0.2, 0) is 0 Å². The summed E-state index contributed by atoms with van der Waals surface area (Å²) < 4.78 is 1.84. The maximum Gasteiger partial charge on any atom is 0.165 e. The Labute approximate surface area is 99.5 Å². The minimum absolute atomic E-state index is 0.0748. The molecule has 0 aliphatic heterocycles. The highest BCUT2D eigenvalue weighted by Crippen LogP contribution is 2.22. The second-order valence-electron chi connectivity index (χ2n) is 4.18. The van der Waals surface area contributed by atoms with Gasteiger partial charge in [-0.1, -0.05) is 13.3 Å². The second-order valence-corrected chi connectivity index (χ2v) is 4.18. The number of hydrogen-bond acceptors (Lipinski definition) is 5. The molecule has 2 aromatic rings. The van der Waals surface area contributed by atoms with E-state index < -0.39 is 6.10 Å². The first-order valence-electron chi connectivity index (χ1n) is 5.76. The van der Waals surface area contributed by atoms with Crippen LogP contribution in [0.15, 0.2) is 12.7 Å². The van der Waals surface area contributed by atoms with Crippen molar-refractivity contribution in [2.24, 2.45) is 0 Å². The van der Waals surface area contributed by atoms with E-state index in [-0.39, 0.29) is 6.04 Å². The molecule has 2 atom stereocenters. The topological polar surface area (TPSA) is 89.8 Å². The molecule has 0 saturated heterocycles. The summed E-state index contributed by atoms with van der Waals surface area (Å²) in [5.74, 6) is 0.367. The molecule has 0 bridgehead atoms. The summed E-state index contributed by atoms with van der Waals surface area (Å²) in [4.78, 5) is 12.2. The zero-order valence-electron chi connectivity index (χ0n) is 10.0. The number of rotatable bonds is 4. The summed E-state index contributed by atoms with van der Waals surface area (Å²) in [6.07, 6.45) is 4.35. The number of aliphatic hydroxyl groups is 1. The highest BCUT2D eigenvalue weighted by molar-refractivity contribution is 5.81. The summed E-state index contributed by atoms with van der Waals surface area (Å²) in [5.41, 5.74) is 6.97. The van der Waals surface area contributed by atoms with Crippen molar-refractivity contribution in [2.75, 3.05) is 5.73 Å². The predicted molar refractivity (Wildman–Crippen MR) is 65.4 cm³/mol. The van der Waals surface area contributed by atoms with Gasteiger partial charge in [-0.05, 0) is 13.3 Å². The van der Waals surface area contributed by atoms with E-state index in [1.165, 1.54) is 6.33 Å². The number of nitrogens with zero attached hydrogens (tertiary/aromatic N) is 4. The third-order valence-electron chi connectivity index (χ3n) is 2.97. The summed E-state index contributed by atoms with van der Waals surface area (Å²) >= 11 is 0. The molecule has 0 aliphatic carbocycles. The van der Waals surface area contributed by atoms with E-state index in [1.807, 2.05) is 18.4 Å². The minimum atomic E-state index is -0.409. The van der Waals surface area contributed by atoms with Crippen molar-refractivity contribution in [2.45, 2.75) is 38.8 Å². The SMILES string of the molecule is CCC[C@H](O)[C@@H](C)n1cnc2c(N)ncnc21. The van der Waals surface area contributed by atoms with Gasteiger partial charge in [0.2, 0.25) is 0 Å². The average molecular weight is 235 g/mol. The molecule has 0 radical (unpaired) electrons. The Bertz CT molecular complexity index is 510. The molecular formula is C11H17N5O. The fraction of sp³-hybridized carbons (Fsp3) is 0.545. The maximum absolute atomic E-state index is 9.99. The van der Waals surface area contributed by atoms with Gasteiger partial charge in [-0.15, -0.1) is 0 Å². The van der Waals surface area contributed by atoms with Crippen LogP contribution in [0.1, 0.15) is 32.7 Å². The first-order valence-corrected chi connectivity index (χ1v) is 5.76. The molecule has 0 aliphatic rings. The molecule has 0 fully saturated rings. The fourth-order valence-electron chi connectivity index (χ4n) is 1.89. The molecule has 0 amide bonds. The lowest BCUT2D eigenvalue weighted by molar-refractivity contribution is 0.112. The van der Waals surface area contributed by atoms with Crippen LogP contribution in [0.25, 0.3) is 11.2 Å². The third-order valence-corrected chi connectivity index (χ3v) is 2.97. The molecule has 0 saturated carbocycles. The van der Waals surface area contributed by atoms with Crippen LogP contribution in [-0.4, -0.2) is 30.7 Å². The van der Waals surface area contributed by atoms with Crippen molar-refractivity contribution >= 4 is 17.0 Å². The van der Waals surface area contributed by atoms with Crippen LogP contribution in [0.5, 0.6) is 0 Å². The highest BCUT2D eigenvalue weighted by Gasteiger charge is 2.18. The number of aromatic nitrogens is 4. The van der Waals surface area contributed by atoms with Crippen molar-refractivity contribution in [3.8, 4) is 0 Å². The van der Waals surface area contributed by atoms with Gasteiger partial charge in [-0.2, -0.15) is 0 Å². The summed E-state index contributed by atoms with van der Waals surface area (Å²) in [7, 11) is 0. The van der Waals surface area contributed by atoms with Gasteiger partial charge in [0.1, 0.15) is 11.8 Å². The van der Waals surface area contributed by atoms with Gasteiger partial charge in [0.05, 0.1) is 18.5 Å². The molecule has 0 spiro atoms. The van der Waals surface area contributed by atoms with Crippen LogP contribution in [0.3, 0.4) is 0 Å². The molecule has 17 heavy (non-hydrogen) atoms. The van der Waals surface area contributed by atoms with E-state index in [1.54, 1.807) is 6.33 Å². The number of aliphatic hydroxyl groups excluding tert-OH is 1. The van der Waals surface area contributed by atoms with Crippen LogP contribution < -0.4 is 5.73 Å². The number of fused-ring (bicyclic) bond motifs is 1. The van der Waals surface area contributed by atoms with Gasteiger partial charge in [-0.3, -0.25) is 0 Å². The van der Waals surface area contributed by atoms with E-state index in [2.05, 4.69) is 15.0 Å². The Hall–Kier alpha value is -1.69. The van der Waals surface area contributed by atoms with Crippen LogP contribution in [0, 0.1) is 0 Å². The molecule has 2 aromatic heterocycles. The summed E-state index contributed by atoms with van der Waals surface area (Å²) in [6, 6.07) is -0.0748. The van der Waals surface area contributed by atoms with Gasteiger partial charge in [0, 0.05) is 0 Å². The van der Waals surface area contributed by atoms with Crippen LogP contribution in [0.2, 0.25) is 0 Å². The molecule has 0 unspecified atom stereocenters. The highest BCUT2D eigenvalue weighted by atomic mass is 16.3. The molecule has 0 aromatic carbocycles. The van der Waals surface area contributed by atoms with Crippen LogP contribution >= 0.6 is 0 Å². The van der Waals surface area contributed by atoms with Gasteiger partial charge < -0.3 is 15.4 Å². The van der Waals surface area contributed by atoms with E-state index in [4.69, 9.17) is 5.73 Å². The van der Waals surface area contributed by atoms with Crippen molar-refractivity contribution in [1.29, 1.82) is 0 Å². The lowest BCUT2D eigenvalue weighted by Crippen LogP contribution is -2.21. The Balaban J connectivity index is 2.39. The average Bonchev–Trinajstić information content (AvgIpc) is 2.73. The number of anilines is 1. The van der Waals surface area contributed by atoms with E-state index in [9.17, 15) is 5.11 Å². The molecule has 6 heteroatoms. The minimum Gasteiger partial charge on any atom is -0.391 e. The quantitative estimate of drug-likeness (QED) is 0.829. The number of nitrogen functional groups attached to an aromatic ring is 1. The maximum atomic E-state index is 9.99. The van der Waals surface area contributed by atoms with Gasteiger partial charge >= 0.3 is 0 Å². The van der Waals surface area contributed by atoms with Gasteiger partial charge in [-0.25, -0.2) is 15.0 Å². The Morgan fingerprint density at radius 3 is 2.88 bits per heavy atom. The van der Waals surface area contributed by atoms with E-state index in [0.717, 1.165) is 12.8 Å². The standard InChI is InChI=1S/C11H17N5O/c1-3-4-8(17)7(2)16-6-15-9-10(12)13-5-14-11(9)16/h5-8,17H,3-4H2,1-2H3,(H2,12,13,14)/t7-,8+/m1/s1. The first kappa shape index (κ1) is 11.8. The van der Waals surface area contributed by atoms with Gasteiger partial charge in [0.15, 0.2) is 11.5 Å². The zero-order valence-corrected chi connectivity index (χ0v) is 10.0. The Kier molecular flexibility index (Phi) is 3.23. The monoisotopic (exact) mass is 235 g/mol. The largest absolute Gasteiger partial charge is 0.391 e. The fourth-order valence-corrected chi connectivity index (χ4v) is 1.89. The second kappa shape index (κ2) is 4.67. The molecular weight excluding hydrogens is 218 g/mol. The number of hydrogen-bond donors (Lipinski definition) is 2. The Morgan fingerprint density at radius 1 is 1.41 bits per heavy atom. The lowest BCUT2D eigenvalue weighted by Gasteiger charge is -2.19. The van der Waals surface area contributed by atoms with Crippen molar-refractivity contribution in [3.05, 3.63) is 12.7 Å². The molecule has 92 valence electrons. The van der Waals surface area contributed by atoms with E-state index >= 15 is 0 Å². The molecule has 2 rings (SSSR count). The van der Waals surface area contributed by atoms with Crippen molar-refractivity contribution < 1.29 is 5.11 Å². The van der Waals surface area contributed by atoms with Gasteiger partial charge in [0.25, 0.3) is 0 Å². The Morgan fingerprint density at radius 2 is 2.18 bits per heavy atom. The molecule has 3 N–H and O–H groups in total. The molecule has 2 heterocycles.